The SMILES string of the molecule is C=C(/C=C(\C)C(N)=O)c1ccccc1. The van der Waals surface area contributed by atoms with Gasteiger partial charge in [-0.25, -0.2) is 0 Å². The predicted octanol–water partition coefficient (Wildman–Crippen LogP) is 2.13. The summed E-state index contributed by atoms with van der Waals surface area (Å²) in [7, 11) is 0. The molecular formula is C12H13NO. The summed E-state index contributed by atoms with van der Waals surface area (Å²) in [5.74, 6) is -0.415. The van der Waals surface area contributed by atoms with Gasteiger partial charge in [0, 0.05) is 5.57 Å². The molecule has 0 aromatic heterocycles. The average molecular weight is 187 g/mol. The number of hydrogen-bond acceptors (Lipinski definition) is 1. The van der Waals surface area contributed by atoms with Crippen molar-refractivity contribution < 1.29 is 4.79 Å². The highest BCUT2D eigenvalue weighted by molar-refractivity contribution is 5.94. The van der Waals surface area contributed by atoms with E-state index in [1.54, 1.807) is 13.0 Å². The van der Waals surface area contributed by atoms with E-state index in [4.69, 9.17) is 5.73 Å². The number of rotatable bonds is 3. The van der Waals surface area contributed by atoms with Gasteiger partial charge in [-0.2, -0.15) is 0 Å². The summed E-state index contributed by atoms with van der Waals surface area (Å²) in [6.45, 7) is 5.54. The summed E-state index contributed by atoms with van der Waals surface area (Å²) in [5, 5.41) is 0. The molecule has 0 radical (unpaired) electrons. The van der Waals surface area contributed by atoms with Crippen molar-refractivity contribution in [3.8, 4) is 0 Å². The first-order valence-electron chi connectivity index (χ1n) is 4.33. The molecule has 72 valence electrons. The fraction of sp³-hybridized carbons (Fsp3) is 0.0833. The Hall–Kier alpha value is -1.83. The van der Waals surface area contributed by atoms with Crippen LogP contribution in [0.4, 0.5) is 0 Å². The van der Waals surface area contributed by atoms with Gasteiger partial charge in [-0.05, 0) is 24.1 Å². The van der Waals surface area contributed by atoms with Gasteiger partial charge in [-0.1, -0.05) is 36.9 Å². The quantitative estimate of drug-likeness (QED) is 0.571. The summed E-state index contributed by atoms with van der Waals surface area (Å²) < 4.78 is 0. The Labute approximate surface area is 83.7 Å². The maximum absolute atomic E-state index is 10.8. The maximum Gasteiger partial charge on any atom is 0.244 e. The fourth-order valence-electron chi connectivity index (χ4n) is 1.07. The van der Waals surface area contributed by atoms with E-state index >= 15 is 0 Å². The van der Waals surface area contributed by atoms with Crippen LogP contribution in [-0.4, -0.2) is 5.91 Å². The van der Waals surface area contributed by atoms with Crippen LogP contribution in [0.3, 0.4) is 0 Å². The van der Waals surface area contributed by atoms with Crippen molar-refractivity contribution in [2.24, 2.45) is 5.73 Å². The first kappa shape index (κ1) is 10.3. The van der Waals surface area contributed by atoms with Gasteiger partial charge >= 0.3 is 0 Å². The molecule has 1 aromatic carbocycles. The molecule has 0 aliphatic carbocycles. The minimum Gasteiger partial charge on any atom is -0.366 e. The third kappa shape index (κ3) is 2.59. The minimum absolute atomic E-state index is 0.415. The predicted molar refractivity (Wildman–Crippen MR) is 58.4 cm³/mol. The van der Waals surface area contributed by atoms with Crippen molar-refractivity contribution in [2.45, 2.75) is 6.92 Å². The number of nitrogens with two attached hydrogens (primary N) is 1. The maximum atomic E-state index is 10.8. The highest BCUT2D eigenvalue weighted by Crippen LogP contribution is 2.14. The van der Waals surface area contributed by atoms with E-state index in [-0.39, 0.29) is 0 Å². The molecule has 1 aromatic rings. The molecule has 0 unspecified atom stereocenters. The van der Waals surface area contributed by atoms with Gasteiger partial charge in [0.25, 0.3) is 0 Å². The summed E-state index contributed by atoms with van der Waals surface area (Å²) in [5.41, 5.74) is 7.41. The Morgan fingerprint density at radius 2 is 1.93 bits per heavy atom. The lowest BCUT2D eigenvalue weighted by Gasteiger charge is -2.00. The Morgan fingerprint density at radius 1 is 1.36 bits per heavy atom. The van der Waals surface area contributed by atoms with Crippen molar-refractivity contribution in [2.75, 3.05) is 0 Å². The van der Waals surface area contributed by atoms with Crippen molar-refractivity contribution >= 4 is 11.5 Å². The standard InChI is InChI=1S/C12H13NO/c1-9(8-10(2)12(13)14)11-6-4-3-5-7-11/h3-8H,1H2,2H3,(H2,13,14)/b10-8+. The number of carbonyl (C=O) groups excluding carboxylic acids is 1. The molecule has 2 N–H and O–H groups in total. The van der Waals surface area contributed by atoms with Crippen molar-refractivity contribution in [1.82, 2.24) is 0 Å². The molecule has 0 aliphatic heterocycles. The van der Waals surface area contributed by atoms with Crippen molar-refractivity contribution in [1.29, 1.82) is 0 Å². The molecule has 0 saturated heterocycles. The molecular weight excluding hydrogens is 174 g/mol. The fourth-order valence-corrected chi connectivity index (χ4v) is 1.07. The van der Waals surface area contributed by atoms with Crippen LogP contribution in [0.5, 0.6) is 0 Å². The number of amides is 1. The number of allylic oxidation sites excluding steroid dienone is 2. The van der Waals surface area contributed by atoms with Gasteiger partial charge in [0.15, 0.2) is 0 Å². The second-order valence-electron chi connectivity index (χ2n) is 3.08. The van der Waals surface area contributed by atoms with Crippen LogP contribution in [0.2, 0.25) is 0 Å². The topological polar surface area (TPSA) is 43.1 Å². The van der Waals surface area contributed by atoms with Crippen LogP contribution in [-0.2, 0) is 4.79 Å². The van der Waals surface area contributed by atoms with Crippen molar-refractivity contribution in [3.05, 3.63) is 54.1 Å². The Balaban J connectivity index is 2.88. The van der Waals surface area contributed by atoms with Crippen LogP contribution in [0.1, 0.15) is 12.5 Å². The van der Waals surface area contributed by atoms with Gasteiger partial charge in [0.1, 0.15) is 0 Å². The number of hydrogen-bond donors (Lipinski definition) is 1. The van der Waals surface area contributed by atoms with Gasteiger partial charge in [-0.3, -0.25) is 4.79 Å². The summed E-state index contributed by atoms with van der Waals surface area (Å²) >= 11 is 0. The molecule has 14 heavy (non-hydrogen) atoms. The van der Waals surface area contributed by atoms with E-state index in [0.29, 0.717) is 5.57 Å². The van der Waals surface area contributed by atoms with E-state index in [9.17, 15) is 4.79 Å². The summed E-state index contributed by atoms with van der Waals surface area (Å²) in [6, 6.07) is 9.66. The zero-order valence-corrected chi connectivity index (χ0v) is 8.16. The van der Waals surface area contributed by atoms with E-state index in [2.05, 4.69) is 6.58 Å². The summed E-state index contributed by atoms with van der Waals surface area (Å²) in [6.07, 6.45) is 1.69. The molecule has 2 heteroatoms. The first-order valence-corrected chi connectivity index (χ1v) is 4.33. The minimum atomic E-state index is -0.415. The molecule has 2 nitrogen and oxygen atoms in total. The second-order valence-corrected chi connectivity index (χ2v) is 3.08. The molecule has 0 atom stereocenters. The van der Waals surface area contributed by atoms with Gasteiger partial charge in [0.2, 0.25) is 5.91 Å². The lowest BCUT2D eigenvalue weighted by atomic mass is 10.1. The van der Waals surface area contributed by atoms with Crippen LogP contribution < -0.4 is 5.73 Å². The molecule has 0 bridgehead atoms. The van der Waals surface area contributed by atoms with Gasteiger partial charge in [0.05, 0.1) is 0 Å². The molecule has 1 amide bonds. The smallest absolute Gasteiger partial charge is 0.244 e. The molecule has 0 aliphatic rings. The largest absolute Gasteiger partial charge is 0.366 e. The van der Waals surface area contributed by atoms with Gasteiger partial charge < -0.3 is 5.73 Å². The lowest BCUT2D eigenvalue weighted by Crippen LogP contribution is -2.11. The number of primary amides is 1. The normalized spacial score (nSPS) is 11.1. The summed E-state index contributed by atoms with van der Waals surface area (Å²) in [4.78, 5) is 10.8. The molecule has 0 heterocycles. The zero-order valence-electron chi connectivity index (χ0n) is 8.16. The molecule has 0 saturated carbocycles. The average Bonchev–Trinajstić information content (AvgIpc) is 2.19. The third-order valence-electron chi connectivity index (χ3n) is 1.92. The lowest BCUT2D eigenvalue weighted by molar-refractivity contribution is -0.114. The third-order valence-corrected chi connectivity index (χ3v) is 1.92. The van der Waals surface area contributed by atoms with Crippen LogP contribution in [0.25, 0.3) is 5.57 Å². The van der Waals surface area contributed by atoms with Crippen LogP contribution in [0, 0.1) is 0 Å². The Morgan fingerprint density at radius 3 is 2.43 bits per heavy atom. The monoisotopic (exact) mass is 187 g/mol. The molecule has 0 spiro atoms. The molecule has 1 rings (SSSR count). The highest BCUT2D eigenvalue weighted by atomic mass is 16.1. The Bertz CT molecular complexity index is 377. The zero-order chi connectivity index (χ0) is 10.6. The van der Waals surface area contributed by atoms with Gasteiger partial charge in [-0.15, -0.1) is 0 Å². The highest BCUT2D eigenvalue weighted by Gasteiger charge is 1.99. The van der Waals surface area contributed by atoms with Crippen LogP contribution in [0.15, 0.2) is 48.6 Å². The van der Waals surface area contributed by atoms with E-state index < -0.39 is 5.91 Å². The van der Waals surface area contributed by atoms with E-state index in [1.807, 2.05) is 30.3 Å². The second kappa shape index (κ2) is 4.42. The first-order chi connectivity index (χ1) is 6.61. The van der Waals surface area contributed by atoms with Crippen molar-refractivity contribution in [3.63, 3.8) is 0 Å². The number of benzene rings is 1. The Kier molecular flexibility index (Phi) is 3.24. The molecule has 0 fully saturated rings. The number of carbonyl (C=O) groups is 1. The van der Waals surface area contributed by atoms with E-state index in [1.165, 1.54) is 0 Å². The van der Waals surface area contributed by atoms with Crippen LogP contribution >= 0.6 is 0 Å². The van der Waals surface area contributed by atoms with E-state index in [0.717, 1.165) is 11.1 Å².